The number of carbonyl (C=O) groups is 1. The summed E-state index contributed by atoms with van der Waals surface area (Å²) in [5.74, 6) is -0.131. The van der Waals surface area contributed by atoms with Crippen LogP contribution in [0.1, 0.15) is 32.6 Å². The Morgan fingerprint density at radius 2 is 2.23 bits per heavy atom. The van der Waals surface area contributed by atoms with E-state index in [1.807, 2.05) is 0 Å². The lowest BCUT2D eigenvalue weighted by Gasteiger charge is -2.12. The SMILES string of the molecule is CCC1(CNCCC(=O)OC)CC1. The van der Waals surface area contributed by atoms with Crippen molar-refractivity contribution in [2.45, 2.75) is 32.6 Å². The first kappa shape index (κ1) is 10.5. The third-order valence-electron chi connectivity index (χ3n) is 2.94. The van der Waals surface area contributed by atoms with Crippen LogP contribution >= 0.6 is 0 Å². The van der Waals surface area contributed by atoms with Gasteiger partial charge in [0, 0.05) is 13.1 Å². The van der Waals surface area contributed by atoms with E-state index in [1.165, 1.54) is 26.4 Å². The molecular formula is C10H19NO2. The van der Waals surface area contributed by atoms with Crippen molar-refractivity contribution in [2.24, 2.45) is 5.41 Å². The van der Waals surface area contributed by atoms with Crippen LogP contribution in [0, 0.1) is 5.41 Å². The summed E-state index contributed by atoms with van der Waals surface area (Å²) < 4.78 is 4.55. The van der Waals surface area contributed by atoms with Gasteiger partial charge in [0.25, 0.3) is 0 Å². The molecule has 1 rings (SSSR count). The molecule has 0 atom stereocenters. The van der Waals surface area contributed by atoms with Gasteiger partial charge >= 0.3 is 5.97 Å². The summed E-state index contributed by atoms with van der Waals surface area (Å²) in [5.41, 5.74) is 0.566. The Hall–Kier alpha value is -0.570. The van der Waals surface area contributed by atoms with E-state index in [0.29, 0.717) is 11.8 Å². The van der Waals surface area contributed by atoms with E-state index in [1.54, 1.807) is 0 Å². The number of hydrogen-bond acceptors (Lipinski definition) is 3. The normalized spacial score (nSPS) is 18.3. The fourth-order valence-electron chi connectivity index (χ4n) is 1.48. The van der Waals surface area contributed by atoms with Gasteiger partial charge in [0.2, 0.25) is 0 Å². The molecule has 13 heavy (non-hydrogen) atoms. The molecule has 0 spiro atoms. The second kappa shape index (κ2) is 4.61. The number of methoxy groups -OCH3 is 1. The Balaban J connectivity index is 1.98. The van der Waals surface area contributed by atoms with Gasteiger partial charge < -0.3 is 10.1 Å². The standard InChI is InChI=1S/C10H19NO2/c1-3-10(5-6-10)8-11-7-4-9(12)13-2/h11H,3-8H2,1-2H3. The van der Waals surface area contributed by atoms with Crippen molar-refractivity contribution in [1.29, 1.82) is 0 Å². The monoisotopic (exact) mass is 185 g/mol. The van der Waals surface area contributed by atoms with Crippen LogP contribution in [0.4, 0.5) is 0 Å². The molecule has 0 aromatic heterocycles. The smallest absolute Gasteiger partial charge is 0.306 e. The van der Waals surface area contributed by atoms with Crippen molar-refractivity contribution in [3.63, 3.8) is 0 Å². The zero-order valence-corrected chi connectivity index (χ0v) is 8.56. The highest BCUT2D eigenvalue weighted by Crippen LogP contribution is 2.47. The minimum atomic E-state index is -0.131. The van der Waals surface area contributed by atoms with E-state index in [0.717, 1.165) is 13.1 Å². The van der Waals surface area contributed by atoms with Gasteiger partial charge in [-0.2, -0.15) is 0 Å². The molecular weight excluding hydrogens is 166 g/mol. The predicted molar refractivity (Wildman–Crippen MR) is 51.5 cm³/mol. The quantitative estimate of drug-likeness (QED) is 0.501. The summed E-state index contributed by atoms with van der Waals surface area (Å²) in [6.45, 7) is 4.03. The van der Waals surface area contributed by atoms with Crippen LogP contribution in [-0.4, -0.2) is 26.2 Å². The maximum Gasteiger partial charge on any atom is 0.306 e. The Kier molecular flexibility index (Phi) is 3.72. The summed E-state index contributed by atoms with van der Waals surface area (Å²) in [6.07, 6.45) is 4.41. The fraction of sp³-hybridized carbons (Fsp3) is 0.900. The third kappa shape index (κ3) is 3.35. The van der Waals surface area contributed by atoms with E-state index in [4.69, 9.17) is 0 Å². The van der Waals surface area contributed by atoms with Crippen molar-refractivity contribution >= 4 is 5.97 Å². The van der Waals surface area contributed by atoms with E-state index in [2.05, 4.69) is 17.0 Å². The van der Waals surface area contributed by atoms with Gasteiger partial charge in [-0.1, -0.05) is 6.92 Å². The van der Waals surface area contributed by atoms with Gasteiger partial charge in [-0.25, -0.2) is 0 Å². The molecule has 0 radical (unpaired) electrons. The van der Waals surface area contributed by atoms with Gasteiger partial charge in [0.1, 0.15) is 0 Å². The summed E-state index contributed by atoms with van der Waals surface area (Å²) in [7, 11) is 1.43. The molecule has 1 aliphatic rings. The molecule has 3 heteroatoms. The first-order chi connectivity index (χ1) is 6.22. The molecule has 1 saturated carbocycles. The third-order valence-corrected chi connectivity index (χ3v) is 2.94. The molecule has 0 heterocycles. The number of nitrogens with one attached hydrogen (secondary N) is 1. The minimum absolute atomic E-state index is 0.131. The topological polar surface area (TPSA) is 38.3 Å². The van der Waals surface area contributed by atoms with Crippen LogP contribution in [0.25, 0.3) is 0 Å². The number of ether oxygens (including phenoxy) is 1. The second-order valence-electron chi connectivity index (χ2n) is 3.86. The largest absolute Gasteiger partial charge is 0.469 e. The van der Waals surface area contributed by atoms with Crippen LogP contribution < -0.4 is 5.32 Å². The van der Waals surface area contributed by atoms with E-state index >= 15 is 0 Å². The molecule has 76 valence electrons. The predicted octanol–water partition coefficient (Wildman–Crippen LogP) is 1.33. The Morgan fingerprint density at radius 3 is 2.69 bits per heavy atom. The molecule has 0 bridgehead atoms. The molecule has 0 unspecified atom stereocenters. The Morgan fingerprint density at radius 1 is 1.54 bits per heavy atom. The van der Waals surface area contributed by atoms with Crippen molar-refractivity contribution in [2.75, 3.05) is 20.2 Å². The average Bonchev–Trinajstić information content (AvgIpc) is 2.93. The molecule has 1 aliphatic carbocycles. The van der Waals surface area contributed by atoms with E-state index in [-0.39, 0.29) is 5.97 Å². The lowest BCUT2D eigenvalue weighted by molar-refractivity contribution is -0.140. The zero-order valence-electron chi connectivity index (χ0n) is 8.56. The van der Waals surface area contributed by atoms with Crippen molar-refractivity contribution < 1.29 is 9.53 Å². The van der Waals surface area contributed by atoms with Gasteiger partial charge in [0.15, 0.2) is 0 Å². The first-order valence-corrected chi connectivity index (χ1v) is 5.00. The zero-order chi connectivity index (χ0) is 9.73. The van der Waals surface area contributed by atoms with Gasteiger partial charge in [-0.15, -0.1) is 0 Å². The van der Waals surface area contributed by atoms with Crippen molar-refractivity contribution in [3.8, 4) is 0 Å². The van der Waals surface area contributed by atoms with Gasteiger partial charge in [-0.05, 0) is 24.7 Å². The number of hydrogen-bond donors (Lipinski definition) is 1. The van der Waals surface area contributed by atoms with Gasteiger partial charge in [-0.3, -0.25) is 4.79 Å². The average molecular weight is 185 g/mol. The fourth-order valence-corrected chi connectivity index (χ4v) is 1.48. The minimum Gasteiger partial charge on any atom is -0.469 e. The van der Waals surface area contributed by atoms with Crippen LogP contribution in [0.15, 0.2) is 0 Å². The second-order valence-corrected chi connectivity index (χ2v) is 3.86. The molecule has 1 N–H and O–H groups in total. The highest BCUT2D eigenvalue weighted by Gasteiger charge is 2.39. The molecule has 1 fully saturated rings. The molecule has 3 nitrogen and oxygen atoms in total. The van der Waals surface area contributed by atoms with Crippen LogP contribution in [0.2, 0.25) is 0 Å². The molecule has 0 aliphatic heterocycles. The van der Waals surface area contributed by atoms with Crippen molar-refractivity contribution in [3.05, 3.63) is 0 Å². The maximum absolute atomic E-state index is 10.8. The summed E-state index contributed by atoms with van der Waals surface area (Å²) in [5, 5.41) is 3.30. The first-order valence-electron chi connectivity index (χ1n) is 5.00. The van der Waals surface area contributed by atoms with Crippen LogP contribution in [0.5, 0.6) is 0 Å². The highest BCUT2D eigenvalue weighted by atomic mass is 16.5. The number of rotatable bonds is 6. The Bertz CT molecular complexity index is 176. The highest BCUT2D eigenvalue weighted by molar-refractivity contribution is 5.69. The maximum atomic E-state index is 10.8. The molecule has 0 saturated heterocycles. The number of esters is 1. The lowest BCUT2D eigenvalue weighted by atomic mass is 10.0. The summed E-state index contributed by atoms with van der Waals surface area (Å²) in [4.78, 5) is 10.8. The molecule has 0 amide bonds. The number of carbonyl (C=O) groups excluding carboxylic acids is 1. The summed E-state index contributed by atoms with van der Waals surface area (Å²) in [6, 6.07) is 0. The Labute approximate surface area is 79.8 Å². The van der Waals surface area contributed by atoms with E-state index < -0.39 is 0 Å². The van der Waals surface area contributed by atoms with Gasteiger partial charge in [0.05, 0.1) is 13.5 Å². The van der Waals surface area contributed by atoms with Crippen LogP contribution in [-0.2, 0) is 9.53 Å². The lowest BCUT2D eigenvalue weighted by Crippen LogP contribution is -2.26. The van der Waals surface area contributed by atoms with Crippen molar-refractivity contribution in [1.82, 2.24) is 5.32 Å². The molecule has 0 aromatic carbocycles. The van der Waals surface area contributed by atoms with E-state index in [9.17, 15) is 4.79 Å². The molecule has 0 aromatic rings. The van der Waals surface area contributed by atoms with Crippen LogP contribution in [0.3, 0.4) is 0 Å². The summed E-state index contributed by atoms with van der Waals surface area (Å²) >= 11 is 0.